The molecule has 4 aromatic carbocycles. The molecular formula is C36H35N2O+. The summed E-state index contributed by atoms with van der Waals surface area (Å²) in [6.07, 6.45) is 8.28. The fraction of sp³-hybridized carbons (Fsp3) is 0.250. The average Bonchev–Trinajstić information content (AvgIpc) is 3.00. The van der Waals surface area contributed by atoms with Crippen molar-refractivity contribution in [3.8, 4) is 0 Å². The van der Waals surface area contributed by atoms with E-state index in [-0.39, 0.29) is 12.1 Å². The first-order valence-corrected chi connectivity index (χ1v) is 14.2. The first kappa shape index (κ1) is 24.3. The Kier molecular flexibility index (Phi) is 6.07. The molecule has 5 atom stereocenters. The molecule has 1 aromatic heterocycles. The standard InChI is InChI=1S/C36H35N2O/c1-3-21-39-36(32-17-19-37-33-16-10-9-15-31(32)33)34-23-26-18-20-38(34,24-25(26)4-2)35-29-13-7-5-11-27(29)22-28-12-6-8-14-30(28)35/h3-17,19,22,25-26,34,36H,1-2,18,20-21,23-24H2/q+1/t25-,26-,34+,36-,38+/m0/s1. The quantitative estimate of drug-likeness (QED) is 0.124. The van der Waals surface area contributed by atoms with Gasteiger partial charge in [0.2, 0.25) is 0 Å². The van der Waals surface area contributed by atoms with Crippen molar-refractivity contribution < 1.29 is 4.74 Å². The Labute approximate surface area is 230 Å². The predicted molar refractivity (Wildman–Crippen MR) is 164 cm³/mol. The topological polar surface area (TPSA) is 22.1 Å². The maximum atomic E-state index is 6.83. The smallest absolute Gasteiger partial charge is 0.149 e. The van der Waals surface area contributed by atoms with Gasteiger partial charge in [-0.1, -0.05) is 66.7 Å². The van der Waals surface area contributed by atoms with Crippen molar-refractivity contribution in [2.45, 2.75) is 25.0 Å². The third-order valence-electron chi connectivity index (χ3n) is 9.44. The van der Waals surface area contributed by atoms with Crippen LogP contribution in [0.1, 0.15) is 24.5 Å². The molecule has 0 unspecified atom stereocenters. The summed E-state index contributed by atoms with van der Waals surface area (Å²) in [6, 6.07) is 31.2. The minimum absolute atomic E-state index is 0.0813. The molecular weight excluding hydrogens is 476 g/mol. The minimum atomic E-state index is -0.0813. The van der Waals surface area contributed by atoms with Gasteiger partial charge in [0.25, 0.3) is 0 Å². The highest BCUT2D eigenvalue weighted by Crippen LogP contribution is 2.53. The number of para-hydroxylation sites is 1. The van der Waals surface area contributed by atoms with Gasteiger partial charge >= 0.3 is 0 Å². The van der Waals surface area contributed by atoms with E-state index in [0.29, 0.717) is 18.4 Å². The minimum Gasteiger partial charge on any atom is -0.363 e. The van der Waals surface area contributed by atoms with Crippen LogP contribution in [0.15, 0.2) is 116 Å². The van der Waals surface area contributed by atoms with Crippen molar-refractivity contribution in [3.05, 3.63) is 122 Å². The van der Waals surface area contributed by atoms with E-state index in [0.717, 1.165) is 29.5 Å². The molecule has 0 radical (unpaired) electrons. The Morgan fingerprint density at radius 3 is 2.31 bits per heavy atom. The zero-order valence-corrected chi connectivity index (χ0v) is 22.4. The van der Waals surface area contributed by atoms with E-state index in [9.17, 15) is 0 Å². The van der Waals surface area contributed by atoms with Gasteiger partial charge in [-0.3, -0.25) is 9.47 Å². The van der Waals surface area contributed by atoms with E-state index in [1.165, 1.54) is 44.6 Å². The summed E-state index contributed by atoms with van der Waals surface area (Å²) in [5.41, 5.74) is 3.70. The van der Waals surface area contributed by atoms with Gasteiger partial charge in [0.15, 0.2) is 0 Å². The van der Waals surface area contributed by atoms with Crippen LogP contribution in [0.4, 0.5) is 5.69 Å². The molecule has 194 valence electrons. The van der Waals surface area contributed by atoms with Crippen LogP contribution in [0.3, 0.4) is 0 Å². The lowest BCUT2D eigenvalue weighted by atomic mass is 9.70. The Bertz CT molecular complexity index is 1650. The number of quaternary nitrogens is 1. The van der Waals surface area contributed by atoms with Crippen LogP contribution in [0, 0.1) is 11.8 Å². The van der Waals surface area contributed by atoms with Crippen molar-refractivity contribution >= 4 is 38.1 Å². The molecule has 0 N–H and O–H groups in total. The number of hydrogen-bond donors (Lipinski definition) is 0. The van der Waals surface area contributed by atoms with Gasteiger partial charge in [-0.25, -0.2) is 0 Å². The SMILES string of the molecule is C=CCO[C@@H](c1ccnc2ccccc12)[C@H]1C[C@@H]2CC[N@@+]1(c1c3ccccc3cc3ccccc13)C[C@@H]2C=C. The lowest BCUT2D eigenvalue weighted by molar-refractivity contribution is -0.0628. The monoisotopic (exact) mass is 511 g/mol. The summed E-state index contributed by atoms with van der Waals surface area (Å²) < 4.78 is 7.74. The highest BCUT2D eigenvalue weighted by molar-refractivity contribution is 6.10. The molecule has 3 aliphatic heterocycles. The fourth-order valence-electron chi connectivity index (χ4n) is 7.77. The molecule has 39 heavy (non-hydrogen) atoms. The zero-order valence-electron chi connectivity index (χ0n) is 22.4. The van der Waals surface area contributed by atoms with Crippen molar-refractivity contribution in [1.29, 1.82) is 0 Å². The summed E-state index contributed by atoms with van der Waals surface area (Å²) in [5.74, 6) is 1.11. The molecule has 0 saturated carbocycles. The lowest BCUT2D eigenvalue weighted by Crippen LogP contribution is -2.69. The number of hydrogen-bond acceptors (Lipinski definition) is 2. The van der Waals surface area contributed by atoms with E-state index in [1.54, 1.807) is 0 Å². The van der Waals surface area contributed by atoms with E-state index in [1.807, 2.05) is 12.3 Å². The normalized spacial score (nSPS) is 25.2. The van der Waals surface area contributed by atoms with E-state index in [4.69, 9.17) is 4.74 Å². The van der Waals surface area contributed by atoms with E-state index >= 15 is 0 Å². The van der Waals surface area contributed by atoms with Gasteiger partial charge in [0.05, 0.1) is 25.2 Å². The second kappa shape index (κ2) is 9.75. The number of ether oxygens (including phenoxy) is 1. The molecule has 0 aliphatic carbocycles. The molecule has 3 heteroatoms. The molecule has 3 saturated heterocycles. The van der Waals surface area contributed by atoms with Gasteiger partial charge < -0.3 is 4.74 Å². The summed E-state index contributed by atoms with van der Waals surface area (Å²) in [7, 11) is 0. The van der Waals surface area contributed by atoms with Gasteiger partial charge in [-0.15, -0.1) is 13.2 Å². The van der Waals surface area contributed by atoms with Crippen LogP contribution in [-0.4, -0.2) is 30.7 Å². The Hall–Kier alpha value is -3.79. The molecule has 5 aromatic rings. The average molecular weight is 512 g/mol. The molecule has 0 amide bonds. The van der Waals surface area contributed by atoms with Gasteiger partial charge in [-0.05, 0) is 52.6 Å². The van der Waals surface area contributed by atoms with E-state index in [2.05, 4.69) is 109 Å². The van der Waals surface area contributed by atoms with Crippen molar-refractivity contribution in [3.63, 3.8) is 0 Å². The van der Waals surface area contributed by atoms with Gasteiger partial charge in [-0.2, -0.15) is 0 Å². The van der Waals surface area contributed by atoms with Crippen LogP contribution in [-0.2, 0) is 4.74 Å². The van der Waals surface area contributed by atoms with Crippen molar-refractivity contribution in [2.24, 2.45) is 11.8 Å². The second-order valence-corrected chi connectivity index (χ2v) is 11.3. The zero-order chi connectivity index (χ0) is 26.4. The number of piperidine rings is 3. The van der Waals surface area contributed by atoms with Crippen LogP contribution >= 0.6 is 0 Å². The number of pyridine rings is 1. The first-order valence-electron chi connectivity index (χ1n) is 14.2. The fourth-order valence-corrected chi connectivity index (χ4v) is 7.77. The van der Waals surface area contributed by atoms with Gasteiger partial charge in [0, 0.05) is 41.1 Å². The van der Waals surface area contributed by atoms with Crippen LogP contribution in [0.2, 0.25) is 0 Å². The largest absolute Gasteiger partial charge is 0.363 e. The molecule has 4 heterocycles. The third kappa shape index (κ3) is 3.83. The number of aromatic nitrogens is 1. The second-order valence-electron chi connectivity index (χ2n) is 11.3. The number of fused-ring (bicyclic) bond motifs is 6. The Morgan fingerprint density at radius 1 is 0.897 bits per heavy atom. The molecule has 2 bridgehead atoms. The van der Waals surface area contributed by atoms with Crippen molar-refractivity contribution in [1.82, 2.24) is 9.47 Å². The molecule has 8 rings (SSSR count). The van der Waals surface area contributed by atoms with Gasteiger partial charge in [0.1, 0.15) is 17.8 Å². The lowest BCUT2D eigenvalue weighted by Gasteiger charge is -2.58. The summed E-state index contributed by atoms with van der Waals surface area (Å²) in [4.78, 5) is 4.69. The first-order chi connectivity index (χ1) is 19.2. The summed E-state index contributed by atoms with van der Waals surface area (Å²) >= 11 is 0. The highest BCUT2D eigenvalue weighted by atomic mass is 16.5. The molecule has 0 spiro atoms. The Balaban J connectivity index is 1.52. The highest BCUT2D eigenvalue weighted by Gasteiger charge is 2.56. The van der Waals surface area contributed by atoms with Crippen LogP contribution in [0.25, 0.3) is 32.4 Å². The maximum absolute atomic E-state index is 6.83. The predicted octanol–water partition coefficient (Wildman–Crippen LogP) is 8.39. The third-order valence-corrected chi connectivity index (χ3v) is 9.44. The van der Waals surface area contributed by atoms with Crippen LogP contribution in [0.5, 0.6) is 0 Å². The number of rotatable bonds is 7. The molecule has 3 aliphatic rings. The number of nitrogens with zero attached hydrogens (tertiary/aromatic N) is 2. The van der Waals surface area contributed by atoms with E-state index < -0.39 is 0 Å². The summed E-state index contributed by atoms with van der Waals surface area (Å²) in [6.45, 7) is 11.0. The number of benzene rings is 4. The molecule has 3 nitrogen and oxygen atoms in total. The summed E-state index contributed by atoms with van der Waals surface area (Å²) in [5, 5.41) is 6.49. The molecule has 3 fully saturated rings. The maximum Gasteiger partial charge on any atom is 0.149 e. The Morgan fingerprint density at radius 2 is 1.59 bits per heavy atom. The van der Waals surface area contributed by atoms with Crippen LogP contribution < -0.4 is 4.48 Å². The van der Waals surface area contributed by atoms with Crippen molar-refractivity contribution in [2.75, 3.05) is 19.7 Å².